The van der Waals surface area contributed by atoms with Crippen LogP contribution < -0.4 is 5.43 Å². The second-order valence-electron chi connectivity index (χ2n) is 4.91. The fraction of sp³-hybridized carbons (Fsp3) is 0.467. The summed E-state index contributed by atoms with van der Waals surface area (Å²) in [7, 11) is 0. The van der Waals surface area contributed by atoms with E-state index >= 15 is 0 Å². The van der Waals surface area contributed by atoms with Crippen LogP contribution >= 0.6 is 0 Å². The molecular weight excluding hydrogens is 327 g/mol. The Morgan fingerprint density at radius 3 is 2.62 bits per heavy atom. The van der Waals surface area contributed by atoms with E-state index in [4.69, 9.17) is 9.47 Å². The second-order valence-corrected chi connectivity index (χ2v) is 4.91. The fourth-order valence-electron chi connectivity index (χ4n) is 2.16. The van der Waals surface area contributed by atoms with Gasteiger partial charge >= 0.3 is 12.1 Å². The molecule has 24 heavy (non-hydrogen) atoms. The molecule has 0 amide bonds. The van der Waals surface area contributed by atoms with Crippen molar-refractivity contribution in [2.24, 2.45) is 5.10 Å². The Morgan fingerprint density at radius 1 is 1.33 bits per heavy atom. The van der Waals surface area contributed by atoms with Gasteiger partial charge in [-0.25, -0.2) is 4.79 Å². The molecule has 6 nitrogen and oxygen atoms in total. The summed E-state index contributed by atoms with van der Waals surface area (Å²) in [6.45, 7) is 3.39. The van der Waals surface area contributed by atoms with E-state index in [9.17, 15) is 18.0 Å². The molecule has 1 aliphatic heterocycles. The van der Waals surface area contributed by atoms with Crippen LogP contribution in [0.2, 0.25) is 0 Å². The van der Waals surface area contributed by atoms with Gasteiger partial charge < -0.3 is 14.4 Å². The molecule has 0 saturated carbocycles. The summed E-state index contributed by atoms with van der Waals surface area (Å²) < 4.78 is 49.1. The number of benzene rings is 1. The van der Waals surface area contributed by atoms with E-state index in [1.54, 1.807) is 11.8 Å². The SMILES string of the molecule is CCOC(=O)/C(=N\Nc1ccccc1C(F)(F)F)N1CCOCC1. The number of rotatable bonds is 3. The number of esters is 1. The topological polar surface area (TPSA) is 63.2 Å². The van der Waals surface area contributed by atoms with Gasteiger partial charge in [0.15, 0.2) is 0 Å². The summed E-state index contributed by atoms with van der Waals surface area (Å²) in [5.74, 6) is -0.770. The predicted octanol–water partition coefficient (Wildman–Crippen LogP) is 2.33. The maximum atomic E-state index is 13.0. The van der Waals surface area contributed by atoms with Crippen LogP contribution in [-0.2, 0) is 20.4 Å². The number of halogens is 3. The lowest BCUT2D eigenvalue weighted by Gasteiger charge is -2.28. The molecule has 2 rings (SSSR count). The quantitative estimate of drug-likeness (QED) is 0.394. The van der Waals surface area contributed by atoms with Gasteiger partial charge in [-0.3, -0.25) is 5.43 Å². The molecule has 0 unspecified atom stereocenters. The molecule has 1 fully saturated rings. The highest BCUT2D eigenvalue weighted by Crippen LogP contribution is 2.34. The highest BCUT2D eigenvalue weighted by molar-refractivity contribution is 6.35. The van der Waals surface area contributed by atoms with Crippen LogP contribution in [0.5, 0.6) is 0 Å². The molecule has 1 saturated heterocycles. The van der Waals surface area contributed by atoms with Gasteiger partial charge in [-0.05, 0) is 19.1 Å². The number of para-hydroxylation sites is 1. The number of alkyl halides is 3. The van der Waals surface area contributed by atoms with E-state index in [1.165, 1.54) is 18.2 Å². The van der Waals surface area contributed by atoms with Crippen LogP contribution in [0.3, 0.4) is 0 Å². The molecule has 0 bridgehead atoms. The first kappa shape index (κ1) is 18.1. The summed E-state index contributed by atoms with van der Waals surface area (Å²) in [4.78, 5) is 13.7. The molecule has 1 aromatic rings. The van der Waals surface area contributed by atoms with Crippen LogP contribution in [0.15, 0.2) is 29.4 Å². The van der Waals surface area contributed by atoms with Crippen LogP contribution in [0.25, 0.3) is 0 Å². The third kappa shape index (κ3) is 4.60. The van der Waals surface area contributed by atoms with Gasteiger partial charge in [-0.15, -0.1) is 5.10 Å². The monoisotopic (exact) mass is 345 g/mol. The minimum absolute atomic E-state index is 0.0721. The molecule has 1 heterocycles. The van der Waals surface area contributed by atoms with E-state index in [2.05, 4.69) is 10.5 Å². The Morgan fingerprint density at radius 2 is 2.00 bits per heavy atom. The largest absolute Gasteiger partial charge is 0.460 e. The number of nitrogens with zero attached hydrogens (tertiary/aromatic N) is 2. The van der Waals surface area contributed by atoms with Gasteiger partial charge in [-0.1, -0.05) is 12.1 Å². The second kappa shape index (κ2) is 8.00. The number of nitrogens with one attached hydrogen (secondary N) is 1. The summed E-state index contributed by atoms with van der Waals surface area (Å²) >= 11 is 0. The highest BCUT2D eigenvalue weighted by atomic mass is 19.4. The van der Waals surface area contributed by atoms with Crippen molar-refractivity contribution in [3.8, 4) is 0 Å². The molecule has 0 radical (unpaired) electrons. The van der Waals surface area contributed by atoms with Crippen LogP contribution in [0.4, 0.5) is 18.9 Å². The van der Waals surface area contributed by atoms with E-state index < -0.39 is 17.7 Å². The number of hydrogen-bond donors (Lipinski definition) is 1. The number of anilines is 1. The predicted molar refractivity (Wildman–Crippen MR) is 81.5 cm³/mol. The molecule has 132 valence electrons. The Kier molecular flexibility index (Phi) is 6.02. The van der Waals surface area contributed by atoms with E-state index in [-0.39, 0.29) is 18.1 Å². The van der Waals surface area contributed by atoms with Crippen LogP contribution in [0, 0.1) is 0 Å². The molecule has 0 atom stereocenters. The fourth-order valence-corrected chi connectivity index (χ4v) is 2.16. The number of carbonyl (C=O) groups excluding carboxylic acids is 1. The lowest BCUT2D eigenvalue weighted by molar-refractivity contribution is -0.137. The molecule has 1 N–H and O–H groups in total. The number of morpholine rings is 1. The average Bonchev–Trinajstić information content (AvgIpc) is 2.56. The van der Waals surface area contributed by atoms with Crippen molar-refractivity contribution in [1.82, 2.24) is 4.90 Å². The van der Waals surface area contributed by atoms with Gasteiger partial charge in [0.2, 0.25) is 5.84 Å². The smallest absolute Gasteiger partial charge is 0.418 e. The van der Waals surface area contributed by atoms with Gasteiger partial charge in [0, 0.05) is 13.1 Å². The van der Waals surface area contributed by atoms with E-state index in [0.717, 1.165) is 6.07 Å². The molecule has 9 heteroatoms. The Balaban J connectivity index is 2.25. The number of hydrogen-bond acceptors (Lipinski definition) is 5. The Hall–Kier alpha value is -2.29. The van der Waals surface area contributed by atoms with Gasteiger partial charge in [-0.2, -0.15) is 13.2 Å². The van der Waals surface area contributed by atoms with Crippen LogP contribution in [0.1, 0.15) is 12.5 Å². The zero-order valence-electron chi connectivity index (χ0n) is 13.1. The van der Waals surface area contributed by atoms with Crippen molar-refractivity contribution < 1.29 is 27.4 Å². The molecule has 0 spiro atoms. The lowest BCUT2D eigenvalue weighted by Crippen LogP contribution is -2.45. The highest BCUT2D eigenvalue weighted by Gasteiger charge is 2.33. The van der Waals surface area contributed by atoms with Crippen molar-refractivity contribution in [2.45, 2.75) is 13.1 Å². The number of carbonyl (C=O) groups is 1. The van der Waals surface area contributed by atoms with Crippen molar-refractivity contribution in [2.75, 3.05) is 38.3 Å². The van der Waals surface area contributed by atoms with E-state index in [1.807, 2.05) is 0 Å². The average molecular weight is 345 g/mol. The summed E-state index contributed by atoms with van der Waals surface area (Å²) in [6.07, 6.45) is -4.53. The van der Waals surface area contributed by atoms with Crippen molar-refractivity contribution in [3.05, 3.63) is 29.8 Å². The maximum absolute atomic E-state index is 13.0. The Labute approximate surface area is 137 Å². The van der Waals surface area contributed by atoms with Crippen LogP contribution in [-0.4, -0.2) is 49.6 Å². The Bertz CT molecular complexity index is 599. The molecule has 0 aliphatic carbocycles. The molecule has 1 aromatic carbocycles. The summed E-state index contributed by atoms with van der Waals surface area (Å²) in [5.41, 5.74) is 1.24. The molecule has 1 aliphatic rings. The minimum Gasteiger partial charge on any atom is -0.460 e. The first-order valence-corrected chi connectivity index (χ1v) is 7.43. The summed E-state index contributed by atoms with van der Waals surface area (Å²) in [6, 6.07) is 4.92. The lowest BCUT2D eigenvalue weighted by atomic mass is 10.2. The first-order chi connectivity index (χ1) is 11.4. The normalized spacial score (nSPS) is 16.0. The first-order valence-electron chi connectivity index (χ1n) is 7.43. The van der Waals surface area contributed by atoms with Gasteiger partial charge in [0.05, 0.1) is 31.1 Å². The zero-order chi connectivity index (χ0) is 17.6. The van der Waals surface area contributed by atoms with Gasteiger partial charge in [0.25, 0.3) is 0 Å². The maximum Gasteiger partial charge on any atom is 0.418 e. The van der Waals surface area contributed by atoms with Gasteiger partial charge in [0.1, 0.15) is 0 Å². The number of amidine groups is 1. The zero-order valence-corrected chi connectivity index (χ0v) is 13.1. The summed E-state index contributed by atoms with van der Waals surface area (Å²) in [5, 5.41) is 3.87. The number of ether oxygens (including phenoxy) is 2. The standard InChI is InChI=1S/C15H18F3N3O3/c1-2-24-14(22)13(21-7-9-23-10-8-21)20-19-12-6-4-3-5-11(12)15(16,17)18/h3-6,19H,2,7-10H2,1H3/b20-13+. The minimum atomic E-state index is -4.53. The van der Waals surface area contributed by atoms with Crippen molar-refractivity contribution in [3.63, 3.8) is 0 Å². The number of hydrazone groups is 1. The van der Waals surface area contributed by atoms with Crippen molar-refractivity contribution >= 4 is 17.5 Å². The van der Waals surface area contributed by atoms with Crippen molar-refractivity contribution in [1.29, 1.82) is 0 Å². The third-order valence-electron chi connectivity index (χ3n) is 3.28. The molecular formula is C15H18F3N3O3. The molecule has 0 aromatic heterocycles. The third-order valence-corrected chi connectivity index (χ3v) is 3.28. The van der Waals surface area contributed by atoms with E-state index in [0.29, 0.717) is 26.3 Å².